The van der Waals surface area contributed by atoms with E-state index < -0.39 is 0 Å². The van der Waals surface area contributed by atoms with Gasteiger partial charge in [-0.15, -0.1) is 0 Å². The Morgan fingerprint density at radius 2 is 1.81 bits per heavy atom. The Kier molecular flexibility index (Phi) is 5.65. The molecular formula is C23H27N7O. The van der Waals surface area contributed by atoms with Crippen molar-refractivity contribution < 1.29 is 4.74 Å². The number of ether oxygens (including phenoxy) is 1. The summed E-state index contributed by atoms with van der Waals surface area (Å²) in [5, 5.41) is 8.79. The summed E-state index contributed by atoms with van der Waals surface area (Å²) in [6.45, 7) is 9.46. The van der Waals surface area contributed by atoms with Crippen LogP contribution in [0.5, 0.6) is 0 Å². The van der Waals surface area contributed by atoms with Crippen molar-refractivity contribution >= 4 is 17.2 Å². The molecule has 3 aromatic rings. The Bertz CT molecular complexity index is 1120. The molecule has 2 aromatic heterocycles. The molecule has 0 spiro atoms. The molecule has 1 fully saturated rings. The minimum atomic E-state index is 0.119. The maximum atomic E-state index is 8.79. The van der Waals surface area contributed by atoms with Gasteiger partial charge in [0.05, 0.1) is 46.9 Å². The molecule has 1 aromatic carbocycles. The predicted octanol–water partition coefficient (Wildman–Crippen LogP) is 3.16. The number of hydrogen-bond donors (Lipinski definition) is 2. The standard InChI is InChI=1S/C23H27N7O/c1-13-10-30(11-14(2)31-13)22-8-20(27-12-28-22)23(25)18-7-17(5-6-19(18)24)21-9-26-15(3)16(4)29-21/h5-9,12-14,25H,10-11,24H2,1-4H3/t13-,14+. The number of nitrogens with two attached hydrogens (primary N) is 1. The first-order valence-corrected chi connectivity index (χ1v) is 10.3. The van der Waals surface area contributed by atoms with E-state index in [1.54, 1.807) is 12.3 Å². The third-order valence-corrected chi connectivity index (χ3v) is 5.46. The fourth-order valence-corrected chi connectivity index (χ4v) is 3.77. The topological polar surface area (TPSA) is 114 Å². The van der Waals surface area contributed by atoms with Gasteiger partial charge in [0.1, 0.15) is 12.1 Å². The molecule has 8 heteroatoms. The normalized spacial score (nSPS) is 18.8. The third-order valence-electron chi connectivity index (χ3n) is 5.46. The molecule has 3 heterocycles. The zero-order chi connectivity index (χ0) is 22.1. The number of benzene rings is 1. The summed E-state index contributed by atoms with van der Waals surface area (Å²) in [6, 6.07) is 7.41. The maximum Gasteiger partial charge on any atom is 0.132 e. The van der Waals surface area contributed by atoms with Crippen molar-refractivity contribution in [2.24, 2.45) is 0 Å². The summed E-state index contributed by atoms with van der Waals surface area (Å²) < 4.78 is 5.82. The van der Waals surface area contributed by atoms with E-state index in [9.17, 15) is 0 Å². The predicted molar refractivity (Wildman–Crippen MR) is 122 cm³/mol. The van der Waals surface area contributed by atoms with Crippen LogP contribution in [0.2, 0.25) is 0 Å². The Hall–Kier alpha value is -3.39. The highest BCUT2D eigenvalue weighted by molar-refractivity contribution is 6.13. The molecule has 0 saturated carbocycles. The van der Waals surface area contributed by atoms with Crippen molar-refractivity contribution in [1.29, 1.82) is 5.41 Å². The molecule has 31 heavy (non-hydrogen) atoms. The average Bonchev–Trinajstić information content (AvgIpc) is 2.75. The van der Waals surface area contributed by atoms with Crippen LogP contribution < -0.4 is 10.6 Å². The molecule has 8 nitrogen and oxygen atoms in total. The summed E-state index contributed by atoms with van der Waals surface area (Å²) in [7, 11) is 0. The van der Waals surface area contributed by atoms with Crippen molar-refractivity contribution in [3.63, 3.8) is 0 Å². The molecule has 3 N–H and O–H groups in total. The summed E-state index contributed by atoms with van der Waals surface area (Å²) in [6.07, 6.45) is 3.48. The van der Waals surface area contributed by atoms with Gasteiger partial charge < -0.3 is 15.4 Å². The van der Waals surface area contributed by atoms with Crippen molar-refractivity contribution in [3.8, 4) is 11.3 Å². The second kappa shape index (κ2) is 8.39. The van der Waals surface area contributed by atoms with Gasteiger partial charge in [0.25, 0.3) is 0 Å². The van der Waals surface area contributed by atoms with Gasteiger partial charge in [0.15, 0.2) is 0 Å². The lowest BCUT2D eigenvalue weighted by Gasteiger charge is -2.36. The van der Waals surface area contributed by atoms with Crippen LogP contribution in [0.15, 0.2) is 36.8 Å². The fraction of sp³-hybridized carbons (Fsp3) is 0.348. The number of nitrogen functional groups attached to an aromatic ring is 1. The van der Waals surface area contributed by atoms with Crippen LogP contribution >= 0.6 is 0 Å². The van der Waals surface area contributed by atoms with E-state index in [2.05, 4.69) is 38.7 Å². The van der Waals surface area contributed by atoms with Gasteiger partial charge in [-0.1, -0.05) is 6.07 Å². The Morgan fingerprint density at radius 3 is 2.52 bits per heavy atom. The number of aromatic nitrogens is 4. The first-order chi connectivity index (χ1) is 14.8. The van der Waals surface area contributed by atoms with Gasteiger partial charge in [-0.05, 0) is 39.8 Å². The van der Waals surface area contributed by atoms with E-state index in [1.165, 1.54) is 6.33 Å². The van der Waals surface area contributed by atoms with Crippen LogP contribution in [0.25, 0.3) is 11.3 Å². The number of anilines is 2. The zero-order valence-corrected chi connectivity index (χ0v) is 18.3. The van der Waals surface area contributed by atoms with E-state index >= 15 is 0 Å². The molecule has 0 aliphatic carbocycles. The molecule has 0 unspecified atom stereocenters. The van der Waals surface area contributed by atoms with Gasteiger partial charge in [-0.2, -0.15) is 0 Å². The molecule has 0 bridgehead atoms. The second-order valence-electron chi connectivity index (χ2n) is 8.03. The SMILES string of the molecule is Cc1ncc(-c2ccc(N)c(C(=N)c3cc(N4C[C@@H](C)O[C@@H](C)C4)ncn3)c2)nc1C. The average molecular weight is 418 g/mol. The summed E-state index contributed by atoms with van der Waals surface area (Å²) in [5.41, 5.74) is 11.5. The fourth-order valence-electron chi connectivity index (χ4n) is 3.77. The van der Waals surface area contributed by atoms with Crippen LogP contribution in [0.3, 0.4) is 0 Å². The number of morpholine rings is 1. The molecule has 0 radical (unpaired) electrons. The summed E-state index contributed by atoms with van der Waals surface area (Å²) in [4.78, 5) is 20.0. The third kappa shape index (κ3) is 4.39. The molecule has 1 saturated heterocycles. The van der Waals surface area contributed by atoms with Crippen LogP contribution in [-0.2, 0) is 4.74 Å². The van der Waals surface area contributed by atoms with E-state index in [1.807, 2.05) is 32.0 Å². The van der Waals surface area contributed by atoms with Crippen LogP contribution in [0.1, 0.15) is 36.5 Å². The lowest BCUT2D eigenvalue weighted by atomic mass is 10.0. The van der Waals surface area contributed by atoms with Gasteiger partial charge in [0.2, 0.25) is 0 Å². The Morgan fingerprint density at radius 1 is 1.06 bits per heavy atom. The van der Waals surface area contributed by atoms with Gasteiger partial charge in [-0.25, -0.2) is 15.0 Å². The summed E-state index contributed by atoms with van der Waals surface area (Å²) in [5.74, 6) is 0.784. The number of hydrogen-bond acceptors (Lipinski definition) is 8. The van der Waals surface area contributed by atoms with Gasteiger partial charge in [-0.3, -0.25) is 10.4 Å². The van der Waals surface area contributed by atoms with Crippen molar-refractivity contribution in [1.82, 2.24) is 19.9 Å². The Balaban J connectivity index is 1.66. The first kappa shape index (κ1) is 20.9. The minimum Gasteiger partial charge on any atom is -0.398 e. The molecular weight excluding hydrogens is 390 g/mol. The lowest BCUT2D eigenvalue weighted by Crippen LogP contribution is -2.45. The quantitative estimate of drug-likeness (QED) is 0.495. The molecule has 160 valence electrons. The molecule has 1 aliphatic heterocycles. The molecule has 0 amide bonds. The highest BCUT2D eigenvalue weighted by Gasteiger charge is 2.24. The molecule has 1 aliphatic rings. The molecule has 4 rings (SSSR count). The second-order valence-corrected chi connectivity index (χ2v) is 8.03. The van der Waals surface area contributed by atoms with Crippen LogP contribution in [-0.4, -0.2) is 50.9 Å². The van der Waals surface area contributed by atoms with E-state index in [0.29, 0.717) is 16.9 Å². The van der Waals surface area contributed by atoms with Crippen molar-refractivity contribution in [2.75, 3.05) is 23.7 Å². The number of rotatable bonds is 4. The number of nitrogens with zero attached hydrogens (tertiary/aromatic N) is 5. The number of aryl methyl sites for hydroxylation is 2. The van der Waals surface area contributed by atoms with E-state index in [-0.39, 0.29) is 17.9 Å². The summed E-state index contributed by atoms with van der Waals surface area (Å²) >= 11 is 0. The van der Waals surface area contributed by atoms with Gasteiger partial charge in [0, 0.05) is 36.0 Å². The first-order valence-electron chi connectivity index (χ1n) is 10.3. The smallest absolute Gasteiger partial charge is 0.132 e. The largest absolute Gasteiger partial charge is 0.398 e. The minimum absolute atomic E-state index is 0.119. The Labute approximate surface area is 182 Å². The maximum absolute atomic E-state index is 8.79. The lowest BCUT2D eigenvalue weighted by molar-refractivity contribution is -0.00546. The van der Waals surface area contributed by atoms with Crippen molar-refractivity contribution in [2.45, 2.75) is 39.9 Å². The zero-order valence-electron chi connectivity index (χ0n) is 18.3. The van der Waals surface area contributed by atoms with Gasteiger partial charge >= 0.3 is 0 Å². The van der Waals surface area contributed by atoms with E-state index in [0.717, 1.165) is 41.6 Å². The van der Waals surface area contributed by atoms with Crippen LogP contribution in [0.4, 0.5) is 11.5 Å². The van der Waals surface area contributed by atoms with Crippen molar-refractivity contribution in [3.05, 3.63) is 59.4 Å². The monoisotopic (exact) mass is 417 g/mol. The highest BCUT2D eigenvalue weighted by atomic mass is 16.5. The van der Waals surface area contributed by atoms with Crippen LogP contribution in [0, 0.1) is 19.3 Å². The van der Waals surface area contributed by atoms with E-state index in [4.69, 9.17) is 15.9 Å². The molecule has 2 atom stereocenters. The highest BCUT2D eigenvalue weighted by Crippen LogP contribution is 2.25. The number of nitrogens with one attached hydrogen (secondary N) is 1.